The van der Waals surface area contributed by atoms with Gasteiger partial charge in [-0.25, -0.2) is 0 Å². The number of methoxy groups -OCH3 is 1. The molecule has 0 aliphatic rings. The molecule has 0 amide bonds. The summed E-state index contributed by atoms with van der Waals surface area (Å²) in [5.74, 6) is -0.387. The Labute approximate surface area is 70.5 Å². The number of carbonyl (C=O) groups excluding carboxylic acids is 1. The average Bonchev–Trinajstić information content (AvgIpc) is 1.65. The first kappa shape index (κ1) is 11.4. The van der Waals surface area contributed by atoms with Gasteiger partial charge in [-0.05, 0) is 6.92 Å². The quantitative estimate of drug-likeness (QED) is 0.348. The normalized spacial score (nSPS) is 11.4. The molecule has 0 aliphatic heterocycles. The number of hydrogen-bond donors (Lipinski definition) is 0. The van der Waals surface area contributed by atoms with E-state index in [9.17, 15) is 4.79 Å². The molecule has 0 heterocycles. The minimum absolute atomic E-state index is 0. The van der Waals surface area contributed by atoms with Crippen LogP contribution >= 0.6 is 11.6 Å². The molecule has 1 unspecified atom stereocenters. The van der Waals surface area contributed by atoms with Crippen molar-refractivity contribution in [3.8, 4) is 0 Å². The van der Waals surface area contributed by atoms with Crippen LogP contribution in [0.15, 0.2) is 0 Å². The minimum atomic E-state index is -0.523. The van der Waals surface area contributed by atoms with Crippen molar-refractivity contribution in [3.05, 3.63) is 0 Å². The van der Waals surface area contributed by atoms with E-state index in [1.54, 1.807) is 6.92 Å². The van der Waals surface area contributed by atoms with Gasteiger partial charge in [-0.15, -0.1) is 11.6 Å². The van der Waals surface area contributed by atoms with E-state index in [2.05, 4.69) is 4.74 Å². The molecule has 1 atom stereocenters. The van der Waals surface area contributed by atoms with Gasteiger partial charge in [-0.3, -0.25) is 4.79 Å². The van der Waals surface area contributed by atoms with Crippen LogP contribution in [0.4, 0.5) is 0 Å². The molecule has 8 heavy (non-hydrogen) atoms. The summed E-state index contributed by atoms with van der Waals surface area (Å²) in [5.41, 5.74) is 0. The number of halogens is 1. The molecule has 0 aliphatic carbocycles. The summed E-state index contributed by atoms with van der Waals surface area (Å²) in [6.07, 6.45) is 0. The second-order valence-electron chi connectivity index (χ2n) is 1.14. The van der Waals surface area contributed by atoms with Gasteiger partial charge in [0, 0.05) is 0 Å². The summed E-state index contributed by atoms with van der Waals surface area (Å²) in [5, 5.41) is -0.523. The van der Waals surface area contributed by atoms with E-state index >= 15 is 0 Å². The number of hydrogen-bond acceptors (Lipinski definition) is 2. The average molecular weight is 245 g/mol. The molecule has 0 radical (unpaired) electrons. The molecule has 0 N–H and O–H groups in total. The molecule has 0 saturated carbocycles. The summed E-state index contributed by atoms with van der Waals surface area (Å²) in [6, 6.07) is 0. The van der Waals surface area contributed by atoms with E-state index < -0.39 is 5.38 Å². The number of alkyl halides is 1. The Balaban J connectivity index is 0. The zero-order chi connectivity index (χ0) is 5.86. The topological polar surface area (TPSA) is 26.3 Å². The number of ether oxygens (including phenoxy) is 1. The molecule has 0 aromatic heterocycles. The van der Waals surface area contributed by atoms with Crippen molar-refractivity contribution in [1.29, 1.82) is 0 Å². The molecule has 0 fully saturated rings. The van der Waals surface area contributed by atoms with Gasteiger partial charge in [0.1, 0.15) is 5.38 Å². The van der Waals surface area contributed by atoms with Crippen LogP contribution in [-0.2, 0) is 9.53 Å². The molecule has 0 aromatic rings. The van der Waals surface area contributed by atoms with Gasteiger partial charge in [0.05, 0.1) is 7.11 Å². The molecule has 0 spiro atoms. The van der Waals surface area contributed by atoms with Crippen LogP contribution in [-0.4, -0.2) is 42.4 Å². The third-order valence-electron chi connectivity index (χ3n) is 0.526. The summed E-state index contributed by atoms with van der Waals surface area (Å²) >= 11 is 5.25. The first-order valence-electron chi connectivity index (χ1n) is 1.90. The number of rotatable bonds is 1. The molecule has 2 nitrogen and oxygen atoms in total. The Hall–Kier alpha value is 0.559. The third kappa shape index (κ3) is 4.71. The first-order chi connectivity index (χ1) is 3.18. The molecule has 50 valence electrons. The molecular weight excluding hydrogens is 234 g/mol. The summed E-state index contributed by atoms with van der Waals surface area (Å²) in [6.45, 7) is 1.56. The second kappa shape index (κ2) is 5.69. The Morgan fingerprint density at radius 1 is 1.75 bits per heavy atom. The maximum atomic E-state index is 10.2. The van der Waals surface area contributed by atoms with Crippen molar-refractivity contribution < 1.29 is 9.53 Å². The predicted octanol–water partition coefficient (Wildman–Crippen LogP) is -0.665. The summed E-state index contributed by atoms with van der Waals surface area (Å²) in [4.78, 5) is 10.2. The fourth-order valence-electron chi connectivity index (χ4n) is 0.162. The predicted molar refractivity (Wildman–Crippen MR) is 38.7 cm³/mol. The van der Waals surface area contributed by atoms with Gasteiger partial charge in [-0.2, -0.15) is 0 Å². The van der Waals surface area contributed by atoms with Crippen LogP contribution in [0.1, 0.15) is 6.92 Å². The van der Waals surface area contributed by atoms with E-state index in [0.717, 1.165) is 0 Å². The Bertz CT molecular complexity index is 74.4. The van der Waals surface area contributed by atoms with Crippen LogP contribution in [0.5, 0.6) is 0 Å². The van der Waals surface area contributed by atoms with Gasteiger partial charge in [-0.1, -0.05) is 0 Å². The van der Waals surface area contributed by atoms with Gasteiger partial charge >= 0.3 is 29.9 Å². The van der Waals surface area contributed by atoms with Gasteiger partial charge in [0.15, 0.2) is 0 Å². The van der Waals surface area contributed by atoms with Crippen molar-refractivity contribution in [2.45, 2.75) is 12.3 Å². The number of esters is 1. The van der Waals surface area contributed by atoms with Gasteiger partial charge in [0.25, 0.3) is 0 Å². The van der Waals surface area contributed by atoms with E-state index in [1.165, 1.54) is 7.11 Å². The summed E-state index contributed by atoms with van der Waals surface area (Å²) in [7, 11) is 1.31. The van der Waals surface area contributed by atoms with Crippen molar-refractivity contribution in [1.82, 2.24) is 0 Å². The monoisotopic (exact) mass is 246 g/mol. The van der Waals surface area contributed by atoms with Crippen LogP contribution < -0.4 is 0 Å². The van der Waals surface area contributed by atoms with Crippen molar-refractivity contribution in [3.63, 3.8) is 0 Å². The molecule has 0 aromatic carbocycles. The zero-order valence-corrected chi connectivity index (χ0v) is 5.03. The Morgan fingerprint density at radius 3 is 2.12 bits per heavy atom. The summed E-state index contributed by atoms with van der Waals surface area (Å²) < 4.78 is 4.24. The van der Waals surface area contributed by atoms with Gasteiger partial charge < -0.3 is 4.74 Å². The zero-order valence-electron chi connectivity index (χ0n) is 4.27. The van der Waals surface area contributed by atoms with Crippen molar-refractivity contribution in [2.24, 2.45) is 0 Å². The van der Waals surface area contributed by atoms with Crippen LogP contribution in [0.3, 0.4) is 0 Å². The maximum absolute atomic E-state index is 10.2. The first-order valence-corrected chi connectivity index (χ1v) is 2.34. The SMILES string of the molecule is COC(=O)C(C)Cl.[SnH4]. The second-order valence-corrected chi connectivity index (χ2v) is 1.79. The fourth-order valence-corrected chi connectivity index (χ4v) is 0.251. The van der Waals surface area contributed by atoms with Crippen LogP contribution in [0.25, 0.3) is 0 Å². The molecule has 0 bridgehead atoms. The molecule has 4 heteroatoms. The standard InChI is InChI=1S/C4H7ClO2.Sn.4H/c1-3(5)4(6)7-2;;;;;/h3H,1-2H3;;;;;. The van der Waals surface area contributed by atoms with Crippen LogP contribution in [0.2, 0.25) is 0 Å². The van der Waals surface area contributed by atoms with Gasteiger partial charge in [0.2, 0.25) is 0 Å². The molecular formula is C4H11ClO2Sn. The van der Waals surface area contributed by atoms with E-state index in [1.807, 2.05) is 0 Å². The number of carbonyl (C=O) groups is 1. The molecule has 0 saturated heterocycles. The van der Waals surface area contributed by atoms with Crippen molar-refractivity contribution in [2.75, 3.05) is 7.11 Å². The Kier molecular flexibility index (Phi) is 8.09. The van der Waals surface area contributed by atoms with E-state index in [-0.39, 0.29) is 29.9 Å². The van der Waals surface area contributed by atoms with E-state index in [0.29, 0.717) is 0 Å². The van der Waals surface area contributed by atoms with Crippen molar-refractivity contribution >= 4 is 41.5 Å². The van der Waals surface area contributed by atoms with Crippen LogP contribution in [0, 0.1) is 0 Å². The third-order valence-corrected chi connectivity index (χ3v) is 0.704. The molecule has 0 rings (SSSR count). The Morgan fingerprint density at radius 2 is 2.12 bits per heavy atom. The van der Waals surface area contributed by atoms with E-state index in [4.69, 9.17) is 11.6 Å². The fraction of sp³-hybridized carbons (Fsp3) is 0.750.